The summed E-state index contributed by atoms with van der Waals surface area (Å²) in [5.74, 6) is -0.323. The number of nitrogens with one attached hydrogen (secondary N) is 1. The van der Waals surface area contributed by atoms with Gasteiger partial charge in [-0.05, 0) is 30.5 Å². The summed E-state index contributed by atoms with van der Waals surface area (Å²) in [6.07, 6.45) is 1.77. The predicted octanol–water partition coefficient (Wildman–Crippen LogP) is 2.89. The van der Waals surface area contributed by atoms with Crippen molar-refractivity contribution in [1.82, 2.24) is 10.2 Å². The number of rotatable bonds is 4. The molecule has 0 spiro atoms. The number of hydrogen-bond acceptors (Lipinski definition) is 2. The summed E-state index contributed by atoms with van der Waals surface area (Å²) in [5, 5.41) is 3.98. The molecule has 1 saturated heterocycles. The number of nitrogens with zero attached hydrogens (tertiary/aromatic N) is 1. The highest BCUT2D eigenvalue weighted by Gasteiger charge is 2.26. The summed E-state index contributed by atoms with van der Waals surface area (Å²) in [5.41, 5.74) is 6.01. The van der Waals surface area contributed by atoms with Gasteiger partial charge in [-0.15, -0.1) is 0 Å². The Morgan fingerprint density at radius 2 is 2.09 bits per heavy atom. The van der Waals surface area contributed by atoms with Gasteiger partial charge in [-0.3, -0.25) is 0 Å². The van der Waals surface area contributed by atoms with Gasteiger partial charge in [0.25, 0.3) is 0 Å². The molecule has 0 aliphatic carbocycles. The highest BCUT2D eigenvalue weighted by Crippen LogP contribution is 2.30. The highest BCUT2D eigenvalue weighted by atomic mass is 35.5. The fourth-order valence-electron chi connectivity index (χ4n) is 2.84. The van der Waals surface area contributed by atoms with Gasteiger partial charge in [0.2, 0.25) is 0 Å². The van der Waals surface area contributed by atoms with E-state index in [4.69, 9.17) is 17.3 Å². The molecule has 0 atom stereocenters. The Morgan fingerprint density at radius 1 is 1.45 bits per heavy atom. The number of carbonyl (C=O) groups is 1. The fourth-order valence-corrected chi connectivity index (χ4v) is 3.26. The van der Waals surface area contributed by atoms with Gasteiger partial charge in [-0.25, -0.2) is 9.18 Å². The largest absolute Gasteiger partial charge is 0.351 e. The summed E-state index contributed by atoms with van der Waals surface area (Å²) in [7, 11) is 0. The van der Waals surface area contributed by atoms with Gasteiger partial charge >= 0.3 is 6.03 Å². The number of hydrogen-bond donors (Lipinski definition) is 2. The van der Waals surface area contributed by atoms with Crippen LogP contribution in [0, 0.1) is 5.82 Å². The van der Waals surface area contributed by atoms with Gasteiger partial charge in [0.1, 0.15) is 5.82 Å². The molecule has 2 amide bonds. The Balaban J connectivity index is 1.92. The second kappa shape index (κ2) is 6.84. The van der Waals surface area contributed by atoms with Crippen LogP contribution in [0.3, 0.4) is 0 Å². The standard InChI is InChI=1S/C16H23ClFN3O/c1-16(2,13-4-3-11(18)9-14(13)17)10-20-12-5-7-21(8-6-12)15(19)22/h3-4,9,12,20H,5-8,10H2,1-2H3,(H2,19,22). The number of halogens is 2. The maximum atomic E-state index is 13.2. The van der Waals surface area contributed by atoms with Crippen molar-refractivity contribution in [2.75, 3.05) is 19.6 Å². The van der Waals surface area contributed by atoms with E-state index in [2.05, 4.69) is 19.2 Å². The van der Waals surface area contributed by atoms with Crippen molar-refractivity contribution in [2.45, 2.75) is 38.1 Å². The number of nitrogens with two attached hydrogens (primary N) is 1. The minimum Gasteiger partial charge on any atom is -0.351 e. The zero-order chi connectivity index (χ0) is 16.3. The number of carbonyl (C=O) groups excluding carboxylic acids is 1. The molecule has 2 rings (SSSR count). The van der Waals surface area contributed by atoms with E-state index >= 15 is 0 Å². The lowest BCUT2D eigenvalue weighted by Crippen LogP contribution is -2.48. The van der Waals surface area contributed by atoms with Crippen LogP contribution in [0.1, 0.15) is 32.3 Å². The van der Waals surface area contributed by atoms with Crippen LogP contribution in [-0.2, 0) is 5.41 Å². The normalized spacial score (nSPS) is 16.8. The molecule has 1 fully saturated rings. The molecule has 22 heavy (non-hydrogen) atoms. The zero-order valence-electron chi connectivity index (χ0n) is 13.0. The third kappa shape index (κ3) is 4.11. The Morgan fingerprint density at radius 3 is 2.64 bits per heavy atom. The minimum atomic E-state index is -0.350. The van der Waals surface area contributed by atoms with Crippen LogP contribution in [0.5, 0.6) is 0 Å². The van der Waals surface area contributed by atoms with Crippen molar-refractivity contribution in [3.8, 4) is 0 Å². The molecule has 1 aliphatic heterocycles. The summed E-state index contributed by atoms with van der Waals surface area (Å²) in [6, 6.07) is 4.54. The number of piperidine rings is 1. The number of primary amides is 1. The fraction of sp³-hybridized carbons (Fsp3) is 0.562. The van der Waals surface area contributed by atoms with Gasteiger partial charge in [0.05, 0.1) is 0 Å². The van der Waals surface area contributed by atoms with Crippen molar-refractivity contribution < 1.29 is 9.18 Å². The van der Waals surface area contributed by atoms with E-state index in [-0.39, 0.29) is 17.3 Å². The van der Waals surface area contributed by atoms with Crippen LogP contribution in [0.2, 0.25) is 5.02 Å². The third-order valence-corrected chi connectivity index (χ3v) is 4.61. The molecule has 0 radical (unpaired) electrons. The smallest absolute Gasteiger partial charge is 0.314 e. The first-order chi connectivity index (χ1) is 10.3. The minimum absolute atomic E-state index is 0.203. The monoisotopic (exact) mass is 327 g/mol. The number of urea groups is 1. The first-order valence-corrected chi connectivity index (χ1v) is 7.91. The van der Waals surface area contributed by atoms with E-state index in [0.717, 1.165) is 24.9 Å². The lowest BCUT2D eigenvalue weighted by Gasteiger charge is -2.34. The second-order valence-electron chi connectivity index (χ2n) is 6.49. The Kier molecular flexibility index (Phi) is 5.29. The Hall–Kier alpha value is -1.33. The van der Waals surface area contributed by atoms with Crippen molar-refractivity contribution in [3.05, 3.63) is 34.6 Å². The predicted molar refractivity (Wildman–Crippen MR) is 86.6 cm³/mol. The van der Waals surface area contributed by atoms with E-state index in [1.807, 2.05) is 0 Å². The summed E-state index contributed by atoms with van der Waals surface area (Å²) < 4.78 is 13.2. The maximum Gasteiger partial charge on any atom is 0.314 e. The summed E-state index contributed by atoms with van der Waals surface area (Å²) in [4.78, 5) is 12.8. The summed E-state index contributed by atoms with van der Waals surface area (Å²) in [6.45, 7) is 6.27. The van der Waals surface area contributed by atoms with Crippen LogP contribution in [0.4, 0.5) is 9.18 Å². The van der Waals surface area contributed by atoms with Crippen molar-refractivity contribution in [2.24, 2.45) is 5.73 Å². The second-order valence-corrected chi connectivity index (χ2v) is 6.90. The molecule has 1 aliphatic rings. The average molecular weight is 328 g/mol. The van der Waals surface area contributed by atoms with Crippen LogP contribution < -0.4 is 11.1 Å². The quantitative estimate of drug-likeness (QED) is 0.893. The SMILES string of the molecule is CC(C)(CNC1CCN(C(N)=O)CC1)c1ccc(F)cc1Cl. The topological polar surface area (TPSA) is 58.4 Å². The Bertz CT molecular complexity index is 542. The van der Waals surface area contributed by atoms with Gasteiger partial charge < -0.3 is 16.0 Å². The zero-order valence-corrected chi connectivity index (χ0v) is 13.8. The molecule has 6 heteroatoms. The van der Waals surface area contributed by atoms with E-state index < -0.39 is 0 Å². The third-order valence-electron chi connectivity index (χ3n) is 4.30. The van der Waals surface area contributed by atoms with Crippen molar-refractivity contribution in [1.29, 1.82) is 0 Å². The molecule has 0 aromatic heterocycles. The van der Waals surface area contributed by atoms with Gasteiger partial charge in [0, 0.05) is 36.1 Å². The average Bonchev–Trinajstić information content (AvgIpc) is 2.45. The van der Waals surface area contributed by atoms with E-state index in [1.54, 1.807) is 11.0 Å². The molecule has 0 bridgehead atoms. The van der Waals surface area contributed by atoms with Crippen molar-refractivity contribution in [3.63, 3.8) is 0 Å². The molecule has 122 valence electrons. The summed E-state index contributed by atoms with van der Waals surface area (Å²) >= 11 is 6.16. The molecule has 3 N–H and O–H groups in total. The van der Waals surface area contributed by atoms with Crippen LogP contribution in [0.15, 0.2) is 18.2 Å². The molecule has 1 aromatic carbocycles. The Labute approximate surface area is 135 Å². The van der Waals surface area contributed by atoms with Gasteiger partial charge in [-0.2, -0.15) is 0 Å². The first kappa shape index (κ1) is 17.0. The first-order valence-electron chi connectivity index (χ1n) is 7.53. The van der Waals surface area contributed by atoms with Crippen LogP contribution in [0.25, 0.3) is 0 Å². The number of amides is 2. The van der Waals surface area contributed by atoms with Crippen molar-refractivity contribution >= 4 is 17.6 Å². The molecule has 1 heterocycles. The van der Waals surface area contributed by atoms with Gasteiger partial charge in [-0.1, -0.05) is 31.5 Å². The number of benzene rings is 1. The van der Waals surface area contributed by atoms with Gasteiger partial charge in [0.15, 0.2) is 0 Å². The molecule has 0 unspecified atom stereocenters. The molecule has 0 saturated carbocycles. The lowest BCUT2D eigenvalue weighted by atomic mass is 9.84. The lowest BCUT2D eigenvalue weighted by molar-refractivity contribution is 0.183. The highest BCUT2D eigenvalue weighted by molar-refractivity contribution is 6.31. The van der Waals surface area contributed by atoms with E-state index in [1.165, 1.54) is 12.1 Å². The van der Waals surface area contributed by atoms with E-state index in [0.29, 0.717) is 24.2 Å². The number of likely N-dealkylation sites (tertiary alicyclic amines) is 1. The maximum absolute atomic E-state index is 13.2. The molecular formula is C16H23ClFN3O. The van der Waals surface area contributed by atoms with E-state index in [9.17, 15) is 9.18 Å². The van der Waals surface area contributed by atoms with Crippen LogP contribution >= 0.6 is 11.6 Å². The molecule has 1 aromatic rings. The van der Waals surface area contributed by atoms with Crippen LogP contribution in [-0.4, -0.2) is 36.6 Å². The molecule has 4 nitrogen and oxygen atoms in total. The molecular weight excluding hydrogens is 305 g/mol.